The van der Waals surface area contributed by atoms with Gasteiger partial charge in [0.1, 0.15) is 11.8 Å². The van der Waals surface area contributed by atoms with Crippen LogP contribution < -0.4 is 0 Å². The van der Waals surface area contributed by atoms with E-state index in [9.17, 15) is 19.8 Å². The van der Waals surface area contributed by atoms with Gasteiger partial charge in [0.05, 0.1) is 19.1 Å². The summed E-state index contributed by atoms with van der Waals surface area (Å²) in [6, 6.07) is 1.20. The number of H-pyrrole nitrogens is 1. The van der Waals surface area contributed by atoms with E-state index in [0.29, 0.717) is 0 Å². The predicted octanol–water partition coefficient (Wildman–Crippen LogP) is 0.0604. The number of carboxylic acid groups (broad SMARTS) is 1. The van der Waals surface area contributed by atoms with Gasteiger partial charge in [0.15, 0.2) is 0 Å². The summed E-state index contributed by atoms with van der Waals surface area (Å²) >= 11 is 0. The Bertz CT molecular complexity index is 427. The molecular formula is C11H15NO6. The average Bonchev–Trinajstić information content (AvgIpc) is 2.77. The first-order valence-electron chi connectivity index (χ1n) is 5.39. The molecule has 0 aliphatic heterocycles. The highest BCUT2D eigenvalue weighted by Crippen LogP contribution is 2.20. The summed E-state index contributed by atoms with van der Waals surface area (Å²) in [5, 5.41) is 28.0. The number of carbonyl (C=O) groups excluding carboxylic acids is 1. The number of hydrogen-bond donors (Lipinski definition) is 4. The zero-order valence-electron chi connectivity index (χ0n) is 9.79. The molecule has 4 N–H and O–H groups in total. The number of ether oxygens (including phenoxy) is 1. The van der Waals surface area contributed by atoms with Crippen LogP contribution in [0.3, 0.4) is 0 Å². The first-order chi connectivity index (χ1) is 8.45. The maximum Gasteiger partial charge on any atom is 0.352 e. The van der Waals surface area contributed by atoms with Crippen LogP contribution in [-0.2, 0) is 9.53 Å². The van der Waals surface area contributed by atoms with Crippen molar-refractivity contribution in [3.63, 3.8) is 0 Å². The molecule has 1 heterocycles. The molecule has 0 saturated heterocycles. The van der Waals surface area contributed by atoms with Gasteiger partial charge in [-0.2, -0.15) is 0 Å². The number of carboxylic acids is 1. The van der Waals surface area contributed by atoms with Crippen LogP contribution in [0.25, 0.3) is 0 Å². The van der Waals surface area contributed by atoms with Crippen LogP contribution in [0, 0.1) is 0 Å². The van der Waals surface area contributed by atoms with Crippen LogP contribution in [0.2, 0.25) is 0 Å². The average molecular weight is 257 g/mol. The van der Waals surface area contributed by atoms with Gasteiger partial charge < -0.3 is 25.0 Å². The number of aliphatic hydroxyl groups excluding tert-OH is 2. The Hall–Kier alpha value is -1.86. The summed E-state index contributed by atoms with van der Waals surface area (Å²) in [6.45, 7) is 1.82. The molecule has 0 aliphatic rings. The maximum atomic E-state index is 11.1. The van der Waals surface area contributed by atoms with Gasteiger partial charge in [-0.05, 0) is 13.0 Å². The Kier molecular flexibility index (Phi) is 4.87. The van der Waals surface area contributed by atoms with E-state index in [1.54, 1.807) is 6.92 Å². The highest BCUT2D eigenvalue weighted by molar-refractivity contribution is 5.85. The number of aromatic amines is 1. The standard InChI is InChI=1S/C11H15NO6/c1-2-18-9(14)4-8(13)10(15)6-3-7(11(16)17)12-5-6/h3,5,8,10,12-13,15H,2,4H2,1H3,(H,16,17). The van der Waals surface area contributed by atoms with Gasteiger partial charge in [0.25, 0.3) is 0 Å². The number of nitrogens with one attached hydrogen (secondary N) is 1. The fourth-order valence-electron chi connectivity index (χ4n) is 1.43. The highest BCUT2D eigenvalue weighted by Gasteiger charge is 2.23. The largest absolute Gasteiger partial charge is 0.477 e. The van der Waals surface area contributed by atoms with E-state index < -0.39 is 24.1 Å². The van der Waals surface area contributed by atoms with Crippen LogP contribution >= 0.6 is 0 Å². The fourth-order valence-corrected chi connectivity index (χ4v) is 1.43. The number of aliphatic hydroxyl groups is 2. The SMILES string of the molecule is CCOC(=O)CC(O)C(O)c1c[nH]c(C(=O)O)c1. The minimum absolute atomic E-state index is 0.104. The monoisotopic (exact) mass is 257 g/mol. The molecule has 0 aromatic carbocycles. The molecular weight excluding hydrogens is 242 g/mol. The van der Waals surface area contributed by atoms with Crippen molar-refractivity contribution in [2.24, 2.45) is 0 Å². The molecule has 0 aliphatic carbocycles. The molecule has 18 heavy (non-hydrogen) atoms. The Labute approximate surface area is 103 Å². The molecule has 0 fully saturated rings. The highest BCUT2D eigenvalue weighted by atomic mass is 16.5. The number of aromatic carboxylic acids is 1. The van der Waals surface area contributed by atoms with Gasteiger partial charge in [0, 0.05) is 11.8 Å². The first kappa shape index (κ1) is 14.2. The van der Waals surface area contributed by atoms with Gasteiger partial charge in [-0.15, -0.1) is 0 Å². The molecule has 7 heteroatoms. The minimum Gasteiger partial charge on any atom is -0.477 e. The van der Waals surface area contributed by atoms with Crippen molar-refractivity contribution < 1.29 is 29.6 Å². The van der Waals surface area contributed by atoms with Crippen molar-refractivity contribution in [2.45, 2.75) is 25.6 Å². The minimum atomic E-state index is -1.35. The van der Waals surface area contributed by atoms with E-state index in [1.807, 2.05) is 0 Å². The summed E-state index contributed by atoms with van der Waals surface area (Å²) in [6.07, 6.45) is -1.79. The molecule has 1 rings (SSSR count). The summed E-state index contributed by atoms with van der Waals surface area (Å²) in [4.78, 5) is 24.2. The number of aromatic nitrogens is 1. The summed E-state index contributed by atoms with van der Waals surface area (Å²) in [5.74, 6) is -1.80. The number of hydrogen-bond acceptors (Lipinski definition) is 5. The van der Waals surface area contributed by atoms with Crippen molar-refractivity contribution in [3.8, 4) is 0 Å². The van der Waals surface area contributed by atoms with Crippen LogP contribution in [0.5, 0.6) is 0 Å². The Morgan fingerprint density at radius 1 is 1.44 bits per heavy atom. The number of rotatable bonds is 6. The predicted molar refractivity (Wildman–Crippen MR) is 60.0 cm³/mol. The van der Waals surface area contributed by atoms with Crippen LogP contribution in [-0.4, -0.2) is 45.0 Å². The van der Waals surface area contributed by atoms with Crippen LogP contribution in [0.15, 0.2) is 12.3 Å². The lowest BCUT2D eigenvalue weighted by Crippen LogP contribution is -2.22. The first-order valence-corrected chi connectivity index (χ1v) is 5.39. The van der Waals surface area contributed by atoms with E-state index in [2.05, 4.69) is 9.72 Å². The van der Waals surface area contributed by atoms with Crippen molar-refractivity contribution >= 4 is 11.9 Å². The molecule has 1 aromatic rings. The third kappa shape index (κ3) is 3.57. The van der Waals surface area contributed by atoms with Crippen molar-refractivity contribution in [3.05, 3.63) is 23.5 Å². The zero-order chi connectivity index (χ0) is 13.7. The zero-order valence-corrected chi connectivity index (χ0v) is 9.79. The van der Waals surface area contributed by atoms with Gasteiger partial charge in [-0.25, -0.2) is 4.79 Å². The van der Waals surface area contributed by atoms with Crippen LogP contribution in [0.4, 0.5) is 0 Å². The maximum absolute atomic E-state index is 11.1. The van der Waals surface area contributed by atoms with Crippen LogP contribution in [0.1, 0.15) is 35.5 Å². The van der Waals surface area contributed by atoms with E-state index in [4.69, 9.17) is 5.11 Å². The summed E-state index contributed by atoms with van der Waals surface area (Å²) in [7, 11) is 0. The number of carbonyl (C=O) groups is 2. The van der Waals surface area contributed by atoms with Crippen molar-refractivity contribution in [1.29, 1.82) is 0 Å². The normalized spacial score (nSPS) is 13.9. The molecule has 1 aromatic heterocycles. The third-order valence-corrected chi connectivity index (χ3v) is 2.32. The molecule has 0 spiro atoms. The fraction of sp³-hybridized carbons (Fsp3) is 0.455. The lowest BCUT2D eigenvalue weighted by atomic mass is 10.0. The Morgan fingerprint density at radius 2 is 2.11 bits per heavy atom. The molecule has 2 unspecified atom stereocenters. The van der Waals surface area contributed by atoms with Gasteiger partial charge in [0.2, 0.25) is 0 Å². The van der Waals surface area contributed by atoms with E-state index in [1.165, 1.54) is 12.3 Å². The van der Waals surface area contributed by atoms with Crippen molar-refractivity contribution in [1.82, 2.24) is 4.98 Å². The second-order valence-corrected chi connectivity index (χ2v) is 3.67. The Morgan fingerprint density at radius 3 is 2.61 bits per heavy atom. The van der Waals surface area contributed by atoms with E-state index >= 15 is 0 Å². The number of esters is 1. The topological polar surface area (TPSA) is 120 Å². The van der Waals surface area contributed by atoms with Gasteiger partial charge in [-0.3, -0.25) is 4.79 Å². The second kappa shape index (κ2) is 6.18. The molecule has 7 nitrogen and oxygen atoms in total. The van der Waals surface area contributed by atoms with E-state index in [0.717, 1.165) is 0 Å². The Balaban J connectivity index is 2.64. The van der Waals surface area contributed by atoms with Crippen molar-refractivity contribution in [2.75, 3.05) is 6.61 Å². The smallest absolute Gasteiger partial charge is 0.352 e. The molecule has 0 amide bonds. The summed E-state index contributed by atoms with van der Waals surface area (Å²) < 4.78 is 4.63. The van der Waals surface area contributed by atoms with Gasteiger partial charge >= 0.3 is 11.9 Å². The lowest BCUT2D eigenvalue weighted by molar-refractivity contribution is -0.147. The molecule has 2 atom stereocenters. The third-order valence-electron chi connectivity index (χ3n) is 2.32. The van der Waals surface area contributed by atoms with Gasteiger partial charge in [-0.1, -0.05) is 0 Å². The summed E-state index contributed by atoms with van der Waals surface area (Å²) in [5.41, 5.74) is 0.0941. The molecule has 0 saturated carbocycles. The molecule has 0 radical (unpaired) electrons. The van der Waals surface area contributed by atoms with E-state index in [-0.39, 0.29) is 24.3 Å². The molecule has 0 bridgehead atoms. The lowest BCUT2D eigenvalue weighted by Gasteiger charge is -2.15. The molecule has 100 valence electrons. The second-order valence-electron chi connectivity index (χ2n) is 3.67. The quantitative estimate of drug-likeness (QED) is 0.535.